The molecule has 1 atom stereocenters. The number of aryl methyl sites for hydroxylation is 1. The number of furan rings is 1. The van der Waals surface area contributed by atoms with Crippen LogP contribution in [0.1, 0.15) is 39.2 Å². The molecule has 0 radical (unpaired) electrons. The van der Waals surface area contributed by atoms with Gasteiger partial charge in [0.15, 0.2) is 10.8 Å². The number of benzene rings is 1. The molecular formula is C21H18BrF2NO5. The predicted molar refractivity (Wildman–Crippen MR) is 107 cm³/mol. The van der Waals surface area contributed by atoms with Crippen LogP contribution < -0.4 is 4.74 Å². The van der Waals surface area contributed by atoms with Crippen LogP contribution in [0.3, 0.4) is 0 Å². The minimum Gasteiger partial charge on any atom is -0.448 e. The second kappa shape index (κ2) is 8.83. The van der Waals surface area contributed by atoms with Crippen LogP contribution in [-0.2, 0) is 4.74 Å². The highest BCUT2D eigenvalue weighted by molar-refractivity contribution is 9.10. The summed E-state index contributed by atoms with van der Waals surface area (Å²) in [6.07, 6.45) is -1.03. The largest absolute Gasteiger partial charge is 0.448 e. The average Bonchev–Trinajstić information content (AvgIpc) is 3.24. The SMILES string of the molecule is Cc1cc(C(=O)[C@H](C)OC(=O)c2ccc(Br)o2)c(C)n1-c1ccc(OC(F)F)cc1. The molecule has 3 aromatic rings. The summed E-state index contributed by atoms with van der Waals surface area (Å²) in [4.78, 5) is 25.0. The number of halogens is 3. The van der Waals surface area contributed by atoms with Crippen molar-refractivity contribution in [1.29, 1.82) is 0 Å². The fourth-order valence-corrected chi connectivity index (χ4v) is 3.41. The highest BCUT2D eigenvalue weighted by Crippen LogP contribution is 2.25. The van der Waals surface area contributed by atoms with Gasteiger partial charge in [0.1, 0.15) is 5.75 Å². The fraction of sp³-hybridized carbons (Fsp3) is 0.238. The zero-order valence-corrected chi connectivity index (χ0v) is 17.9. The van der Waals surface area contributed by atoms with Gasteiger partial charge in [0, 0.05) is 22.6 Å². The summed E-state index contributed by atoms with van der Waals surface area (Å²) in [7, 11) is 0. The van der Waals surface area contributed by atoms with Crippen molar-refractivity contribution in [3.8, 4) is 11.4 Å². The predicted octanol–water partition coefficient (Wildman–Crippen LogP) is 5.48. The molecule has 30 heavy (non-hydrogen) atoms. The standard InChI is InChI=1S/C21H18BrF2NO5/c1-11-10-16(19(26)13(3)28-20(27)17-8-9-18(22)30-17)12(2)25(11)14-4-6-15(7-5-14)29-21(23)24/h4-10,13,21H,1-3H3/t13-/m0/s1. The number of alkyl halides is 2. The highest BCUT2D eigenvalue weighted by atomic mass is 79.9. The van der Waals surface area contributed by atoms with Crippen molar-refractivity contribution in [1.82, 2.24) is 4.57 Å². The van der Waals surface area contributed by atoms with E-state index in [1.54, 1.807) is 35.8 Å². The number of rotatable bonds is 7. The lowest BCUT2D eigenvalue weighted by molar-refractivity contribution is -0.0498. The molecule has 0 aliphatic carbocycles. The Hall–Kier alpha value is -2.94. The van der Waals surface area contributed by atoms with Crippen molar-refractivity contribution in [3.05, 3.63) is 69.8 Å². The van der Waals surface area contributed by atoms with Gasteiger partial charge in [0.25, 0.3) is 0 Å². The van der Waals surface area contributed by atoms with Gasteiger partial charge >= 0.3 is 12.6 Å². The van der Waals surface area contributed by atoms with Gasteiger partial charge in [-0.15, -0.1) is 0 Å². The Morgan fingerprint density at radius 3 is 2.33 bits per heavy atom. The van der Waals surface area contributed by atoms with Gasteiger partial charge in [0.05, 0.1) is 0 Å². The lowest BCUT2D eigenvalue weighted by Gasteiger charge is -2.13. The van der Waals surface area contributed by atoms with Crippen LogP contribution in [0, 0.1) is 13.8 Å². The quantitative estimate of drug-likeness (QED) is 0.330. The third kappa shape index (κ3) is 4.62. The maximum atomic E-state index is 12.9. The van der Waals surface area contributed by atoms with Gasteiger partial charge < -0.3 is 18.5 Å². The number of nitrogens with zero attached hydrogens (tertiary/aromatic N) is 1. The Kier molecular flexibility index (Phi) is 6.40. The van der Waals surface area contributed by atoms with Crippen LogP contribution >= 0.6 is 15.9 Å². The molecule has 2 aromatic heterocycles. The minimum absolute atomic E-state index is 0.0156. The van der Waals surface area contributed by atoms with E-state index in [4.69, 9.17) is 9.15 Å². The van der Waals surface area contributed by atoms with Crippen molar-refractivity contribution >= 4 is 27.7 Å². The number of carbonyl (C=O) groups is 2. The fourth-order valence-electron chi connectivity index (χ4n) is 3.10. The number of Topliss-reactive ketones (excluding diaryl/α,β-unsaturated/α-hetero) is 1. The Balaban J connectivity index is 1.80. The van der Waals surface area contributed by atoms with E-state index >= 15 is 0 Å². The van der Waals surface area contributed by atoms with Gasteiger partial charge in [-0.1, -0.05) is 0 Å². The third-order valence-electron chi connectivity index (χ3n) is 4.44. The second-order valence-electron chi connectivity index (χ2n) is 6.51. The van der Waals surface area contributed by atoms with Crippen molar-refractivity contribution in [3.63, 3.8) is 0 Å². The highest BCUT2D eigenvalue weighted by Gasteiger charge is 2.26. The summed E-state index contributed by atoms with van der Waals surface area (Å²) in [5, 5.41) is 0. The second-order valence-corrected chi connectivity index (χ2v) is 7.29. The molecule has 0 N–H and O–H groups in total. The first kappa shape index (κ1) is 21.8. The Labute approximate surface area is 179 Å². The molecule has 2 heterocycles. The van der Waals surface area contributed by atoms with E-state index in [1.165, 1.54) is 25.1 Å². The molecule has 0 aliphatic heterocycles. The summed E-state index contributed by atoms with van der Waals surface area (Å²) in [6.45, 7) is 2.15. The maximum Gasteiger partial charge on any atom is 0.387 e. The van der Waals surface area contributed by atoms with Crippen molar-refractivity contribution in [2.24, 2.45) is 0 Å². The van der Waals surface area contributed by atoms with Crippen LogP contribution in [0.15, 0.2) is 51.6 Å². The molecule has 6 nitrogen and oxygen atoms in total. The number of ketones is 1. The number of esters is 1. The first-order valence-corrected chi connectivity index (χ1v) is 9.71. The van der Waals surface area contributed by atoms with Crippen molar-refractivity contribution in [2.45, 2.75) is 33.5 Å². The maximum absolute atomic E-state index is 12.9. The summed E-state index contributed by atoms with van der Waals surface area (Å²) < 4.78 is 41.6. The van der Waals surface area contributed by atoms with Gasteiger partial charge in [0.2, 0.25) is 11.5 Å². The minimum atomic E-state index is -2.90. The van der Waals surface area contributed by atoms with Crippen molar-refractivity contribution < 1.29 is 32.3 Å². The lowest BCUT2D eigenvalue weighted by Crippen LogP contribution is -2.24. The molecule has 0 aliphatic rings. The molecule has 9 heteroatoms. The zero-order valence-electron chi connectivity index (χ0n) is 16.3. The molecule has 1 aromatic carbocycles. The van der Waals surface area contributed by atoms with E-state index in [-0.39, 0.29) is 17.3 Å². The average molecular weight is 482 g/mol. The lowest BCUT2D eigenvalue weighted by atomic mass is 10.1. The van der Waals surface area contributed by atoms with E-state index in [9.17, 15) is 18.4 Å². The summed E-state index contributed by atoms with van der Waals surface area (Å²) in [5.41, 5.74) is 2.45. The number of hydrogen-bond acceptors (Lipinski definition) is 5. The van der Waals surface area contributed by atoms with Crippen LogP contribution in [0.4, 0.5) is 8.78 Å². The molecule has 0 bridgehead atoms. The number of aromatic nitrogens is 1. The van der Waals surface area contributed by atoms with Gasteiger partial charge in [-0.25, -0.2) is 4.79 Å². The Morgan fingerprint density at radius 2 is 1.77 bits per heavy atom. The first-order chi connectivity index (χ1) is 14.2. The van der Waals surface area contributed by atoms with E-state index in [0.29, 0.717) is 21.6 Å². The van der Waals surface area contributed by atoms with Crippen LogP contribution in [-0.4, -0.2) is 29.0 Å². The normalized spacial score (nSPS) is 12.1. The van der Waals surface area contributed by atoms with Crippen LogP contribution in [0.25, 0.3) is 5.69 Å². The molecule has 0 saturated carbocycles. The van der Waals surface area contributed by atoms with Crippen molar-refractivity contribution in [2.75, 3.05) is 0 Å². The molecule has 0 fully saturated rings. The van der Waals surface area contributed by atoms with Crippen LogP contribution in [0.2, 0.25) is 0 Å². The Bertz CT molecular complexity index is 1070. The molecule has 0 saturated heterocycles. The summed E-state index contributed by atoms with van der Waals surface area (Å²) >= 11 is 3.10. The molecular weight excluding hydrogens is 464 g/mol. The topological polar surface area (TPSA) is 70.7 Å². The first-order valence-electron chi connectivity index (χ1n) is 8.92. The summed E-state index contributed by atoms with van der Waals surface area (Å²) in [6, 6.07) is 10.8. The van der Waals surface area contributed by atoms with E-state index in [1.807, 2.05) is 6.92 Å². The number of ether oxygens (including phenoxy) is 2. The van der Waals surface area contributed by atoms with E-state index < -0.39 is 18.7 Å². The molecule has 3 rings (SSSR count). The molecule has 0 spiro atoms. The molecule has 0 amide bonds. The zero-order chi connectivity index (χ0) is 22.0. The number of carbonyl (C=O) groups excluding carboxylic acids is 2. The molecule has 158 valence electrons. The van der Waals surface area contributed by atoms with Crippen LogP contribution in [0.5, 0.6) is 5.75 Å². The Morgan fingerprint density at radius 1 is 1.10 bits per heavy atom. The monoisotopic (exact) mass is 481 g/mol. The van der Waals surface area contributed by atoms with Gasteiger partial charge in [-0.05, 0) is 79.2 Å². The summed E-state index contributed by atoms with van der Waals surface area (Å²) in [5.74, 6) is -1.09. The third-order valence-corrected chi connectivity index (χ3v) is 4.87. The smallest absolute Gasteiger partial charge is 0.387 e. The van der Waals surface area contributed by atoms with E-state index in [2.05, 4.69) is 20.7 Å². The van der Waals surface area contributed by atoms with Gasteiger partial charge in [-0.3, -0.25) is 4.79 Å². The number of hydrogen-bond donors (Lipinski definition) is 0. The molecule has 0 unspecified atom stereocenters. The van der Waals surface area contributed by atoms with E-state index in [0.717, 1.165) is 5.69 Å². The van der Waals surface area contributed by atoms with Gasteiger partial charge in [-0.2, -0.15) is 8.78 Å².